The highest BCUT2D eigenvalue weighted by molar-refractivity contribution is 7.81. The number of hydrogen-bond acceptors (Lipinski definition) is 8. The van der Waals surface area contributed by atoms with Gasteiger partial charge in [0.1, 0.15) is 6.04 Å². The van der Waals surface area contributed by atoms with Crippen molar-refractivity contribution in [2.75, 3.05) is 20.3 Å². The highest BCUT2D eigenvalue weighted by atomic mass is 32.3. The van der Waals surface area contributed by atoms with Crippen molar-refractivity contribution in [3.05, 3.63) is 0 Å². The average molecular weight is 435 g/mol. The van der Waals surface area contributed by atoms with Gasteiger partial charge in [-0.05, 0) is 25.7 Å². The lowest BCUT2D eigenvalue weighted by Gasteiger charge is -2.30. The Hall–Kier alpha value is -1.92. The van der Waals surface area contributed by atoms with E-state index in [1.807, 2.05) is 13.8 Å². The minimum atomic E-state index is -4.63. The molecule has 2 atom stereocenters. The fraction of sp³-hybridized carbons (Fsp3) is 0.824. The van der Waals surface area contributed by atoms with Gasteiger partial charge in [0, 0.05) is 6.54 Å². The molecule has 3 amide bonds. The van der Waals surface area contributed by atoms with E-state index in [1.54, 1.807) is 0 Å². The summed E-state index contributed by atoms with van der Waals surface area (Å²) in [6.45, 7) is 3.42. The standard InChI is InChI=1S/C17H29N3O8S/c1-4-8-17(9-5-2,15(22)26-3)11-27-29(24,25)28-20-12-6-7-13(14(18)21)19(10-12)16(20)23/h12-13H,4-11H2,1-3H3,(H2,18,21)/t12-,13+/m1/s1. The van der Waals surface area contributed by atoms with Crippen LogP contribution in [-0.4, -0.2) is 68.6 Å². The first-order valence-electron chi connectivity index (χ1n) is 9.67. The number of urea groups is 1. The Morgan fingerprint density at radius 2 is 1.83 bits per heavy atom. The zero-order valence-corrected chi connectivity index (χ0v) is 17.8. The number of esters is 1. The lowest BCUT2D eigenvalue weighted by Crippen LogP contribution is -2.47. The van der Waals surface area contributed by atoms with Gasteiger partial charge in [-0.2, -0.15) is 13.5 Å². The largest absolute Gasteiger partial charge is 0.469 e. The van der Waals surface area contributed by atoms with E-state index in [1.165, 1.54) is 12.0 Å². The Bertz CT molecular complexity index is 735. The predicted octanol–water partition coefficient (Wildman–Crippen LogP) is 0.693. The monoisotopic (exact) mass is 435 g/mol. The van der Waals surface area contributed by atoms with Crippen LogP contribution < -0.4 is 5.73 Å². The topological polar surface area (TPSA) is 146 Å². The fourth-order valence-electron chi connectivity index (χ4n) is 4.04. The molecule has 11 nitrogen and oxygen atoms in total. The van der Waals surface area contributed by atoms with Gasteiger partial charge in [0.05, 0.1) is 25.2 Å². The molecule has 2 heterocycles. The number of piperidine rings is 1. The summed E-state index contributed by atoms with van der Waals surface area (Å²) >= 11 is 0. The van der Waals surface area contributed by atoms with Crippen molar-refractivity contribution < 1.29 is 36.0 Å². The number of nitrogens with two attached hydrogens (primary N) is 1. The summed E-state index contributed by atoms with van der Waals surface area (Å²) in [6.07, 6.45) is 2.68. The van der Waals surface area contributed by atoms with Crippen LogP contribution >= 0.6 is 0 Å². The van der Waals surface area contributed by atoms with Gasteiger partial charge in [-0.25, -0.2) is 8.98 Å². The van der Waals surface area contributed by atoms with E-state index in [-0.39, 0.29) is 6.54 Å². The van der Waals surface area contributed by atoms with Gasteiger partial charge in [-0.3, -0.25) is 9.59 Å². The summed E-state index contributed by atoms with van der Waals surface area (Å²) < 4.78 is 39.6. The molecule has 0 saturated carbocycles. The highest BCUT2D eigenvalue weighted by Crippen LogP contribution is 2.34. The summed E-state index contributed by atoms with van der Waals surface area (Å²) in [5, 5.41) is 0.706. The first kappa shape index (κ1) is 23.4. The molecule has 12 heteroatoms. The maximum atomic E-state index is 12.5. The second kappa shape index (κ2) is 9.26. The molecule has 166 valence electrons. The first-order valence-corrected chi connectivity index (χ1v) is 11.0. The molecule has 2 aliphatic heterocycles. The van der Waals surface area contributed by atoms with E-state index in [0.29, 0.717) is 43.6 Å². The molecule has 0 aliphatic carbocycles. The second-order valence-electron chi connectivity index (χ2n) is 7.43. The van der Waals surface area contributed by atoms with Crippen LogP contribution in [0.15, 0.2) is 0 Å². The van der Waals surface area contributed by atoms with Crippen molar-refractivity contribution in [2.45, 2.75) is 64.5 Å². The van der Waals surface area contributed by atoms with E-state index < -0.39 is 52.4 Å². The molecule has 0 unspecified atom stereocenters. The number of amides is 3. The molecule has 2 N–H and O–H groups in total. The molecule has 0 spiro atoms. The van der Waals surface area contributed by atoms with Crippen LogP contribution in [0.5, 0.6) is 0 Å². The third kappa shape index (κ3) is 4.98. The van der Waals surface area contributed by atoms with Crippen LogP contribution in [0.3, 0.4) is 0 Å². The SMILES string of the molecule is CCCC(CCC)(COS(=O)(=O)ON1C(=O)N2C[C@H]1CC[C@H]2C(N)=O)C(=O)OC. The summed E-state index contributed by atoms with van der Waals surface area (Å²) in [7, 11) is -3.40. The van der Waals surface area contributed by atoms with Gasteiger partial charge in [-0.1, -0.05) is 26.7 Å². The van der Waals surface area contributed by atoms with E-state index in [9.17, 15) is 22.8 Å². The Labute approximate surface area is 170 Å². The minimum absolute atomic E-state index is 0.139. The Morgan fingerprint density at radius 1 is 1.21 bits per heavy atom. The zero-order chi connectivity index (χ0) is 21.8. The smallest absolute Gasteiger partial charge is 0.421 e. The van der Waals surface area contributed by atoms with E-state index in [2.05, 4.69) is 0 Å². The zero-order valence-electron chi connectivity index (χ0n) is 17.0. The number of hydrogen-bond donors (Lipinski definition) is 1. The molecular weight excluding hydrogens is 406 g/mol. The predicted molar refractivity (Wildman–Crippen MR) is 100 cm³/mol. The number of methoxy groups -OCH3 is 1. The van der Waals surface area contributed by atoms with Gasteiger partial charge in [0.25, 0.3) is 0 Å². The molecule has 0 aromatic heterocycles. The summed E-state index contributed by atoms with van der Waals surface area (Å²) in [5.74, 6) is -1.21. The summed E-state index contributed by atoms with van der Waals surface area (Å²) in [4.78, 5) is 37.5. The Balaban J connectivity index is 2.10. The molecular formula is C17H29N3O8S. The van der Waals surface area contributed by atoms with Crippen LogP contribution in [0.2, 0.25) is 0 Å². The third-order valence-electron chi connectivity index (χ3n) is 5.38. The third-order valence-corrected chi connectivity index (χ3v) is 6.13. The average Bonchev–Trinajstić information content (AvgIpc) is 2.90. The van der Waals surface area contributed by atoms with E-state index in [4.69, 9.17) is 18.9 Å². The van der Waals surface area contributed by atoms with Gasteiger partial charge in [-0.15, -0.1) is 4.28 Å². The minimum Gasteiger partial charge on any atom is -0.469 e. The second-order valence-corrected chi connectivity index (χ2v) is 8.63. The van der Waals surface area contributed by atoms with Crippen LogP contribution in [0.4, 0.5) is 4.79 Å². The lowest BCUT2D eigenvalue weighted by atomic mass is 9.80. The molecule has 2 aliphatic rings. The van der Waals surface area contributed by atoms with Crippen molar-refractivity contribution in [3.8, 4) is 0 Å². The van der Waals surface area contributed by atoms with Crippen LogP contribution in [0, 0.1) is 5.41 Å². The molecule has 2 fully saturated rings. The van der Waals surface area contributed by atoms with Gasteiger partial charge >= 0.3 is 22.4 Å². The summed E-state index contributed by atoms with van der Waals surface area (Å²) in [5.41, 5.74) is 4.18. The number of rotatable bonds is 11. The van der Waals surface area contributed by atoms with E-state index >= 15 is 0 Å². The number of carbonyl (C=O) groups is 3. The Kier molecular flexibility index (Phi) is 7.46. The van der Waals surface area contributed by atoms with Crippen molar-refractivity contribution in [1.29, 1.82) is 0 Å². The van der Waals surface area contributed by atoms with Gasteiger partial charge < -0.3 is 15.4 Å². The van der Waals surface area contributed by atoms with E-state index in [0.717, 1.165) is 0 Å². The lowest BCUT2D eigenvalue weighted by molar-refractivity contribution is -0.156. The molecule has 29 heavy (non-hydrogen) atoms. The maximum Gasteiger partial charge on any atom is 0.421 e. The fourth-order valence-corrected chi connectivity index (χ4v) is 4.83. The maximum absolute atomic E-state index is 12.5. The number of carbonyl (C=O) groups excluding carboxylic acids is 3. The summed E-state index contributed by atoms with van der Waals surface area (Å²) in [6, 6.07) is -2.09. The highest BCUT2D eigenvalue weighted by Gasteiger charge is 2.49. The number of fused-ring (bicyclic) bond motifs is 2. The normalized spacial score (nSPS) is 22.1. The quantitative estimate of drug-likeness (QED) is 0.467. The van der Waals surface area contributed by atoms with Crippen molar-refractivity contribution >= 4 is 28.3 Å². The van der Waals surface area contributed by atoms with Gasteiger partial charge in [0.2, 0.25) is 5.91 Å². The van der Waals surface area contributed by atoms with Gasteiger partial charge in [0.15, 0.2) is 0 Å². The van der Waals surface area contributed by atoms with Crippen molar-refractivity contribution in [3.63, 3.8) is 0 Å². The number of primary amides is 1. The van der Waals surface area contributed by atoms with Crippen LogP contribution in [0.25, 0.3) is 0 Å². The van der Waals surface area contributed by atoms with Crippen molar-refractivity contribution in [1.82, 2.24) is 9.96 Å². The van der Waals surface area contributed by atoms with Crippen LogP contribution in [-0.2, 0) is 33.2 Å². The molecule has 2 saturated heterocycles. The molecule has 0 aromatic carbocycles. The van der Waals surface area contributed by atoms with Crippen LogP contribution in [0.1, 0.15) is 52.4 Å². The van der Waals surface area contributed by atoms with Crippen molar-refractivity contribution in [2.24, 2.45) is 11.1 Å². The Morgan fingerprint density at radius 3 is 2.34 bits per heavy atom. The number of ether oxygens (including phenoxy) is 1. The number of hydroxylamine groups is 2. The molecule has 2 rings (SSSR count). The molecule has 0 aromatic rings. The first-order chi connectivity index (χ1) is 13.6. The number of nitrogens with zero attached hydrogens (tertiary/aromatic N) is 2. The molecule has 0 radical (unpaired) electrons. The molecule has 2 bridgehead atoms.